The summed E-state index contributed by atoms with van der Waals surface area (Å²) in [7, 11) is 0. The number of rotatable bonds is 4. The molecule has 0 N–H and O–H groups in total. The summed E-state index contributed by atoms with van der Waals surface area (Å²) in [5.74, 6) is -0.310. The van der Waals surface area contributed by atoms with Crippen molar-refractivity contribution >= 4 is 17.8 Å². The van der Waals surface area contributed by atoms with Crippen LogP contribution in [0.1, 0.15) is 11.1 Å². The van der Waals surface area contributed by atoms with Crippen LogP contribution in [0.2, 0.25) is 5.02 Å². The van der Waals surface area contributed by atoms with Gasteiger partial charge in [-0.15, -0.1) is 0 Å². The Labute approximate surface area is 110 Å². The molecule has 4 heteroatoms. The van der Waals surface area contributed by atoms with E-state index in [1.54, 1.807) is 42.5 Å². The highest BCUT2D eigenvalue weighted by Gasteiger charge is 1.99. The lowest BCUT2D eigenvalue weighted by Crippen LogP contribution is -1.91. The Morgan fingerprint density at radius 3 is 2.78 bits per heavy atom. The predicted molar refractivity (Wildman–Crippen MR) is 69.2 cm³/mol. The average Bonchev–Trinajstić information content (AvgIpc) is 2.37. The third-order valence-electron chi connectivity index (χ3n) is 2.24. The van der Waals surface area contributed by atoms with Crippen LogP contribution >= 0.6 is 11.6 Å². The van der Waals surface area contributed by atoms with Gasteiger partial charge in [0, 0.05) is 16.1 Å². The van der Waals surface area contributed by atoms with E-state index in [0.717, 1.165) is 0 Å². The second kappa shape index (κ2) is 6.17. The Morgan fingerprint density at radius 1 is 1.17 bits per heavy atom. The van der Waals surface area contributed by atoms with E-state index in [-0.39, 0.29) is 12.4 Å². The van der Waals surface area contributed by atoms with E-state index in [2.05, 4.69) is 11.4 Å². The van der Waals surface area contributed by atoms with Crippen LogP contribution in [-0.2, 0) is 11.4 Å². The average molecular weight is 263 g/mol. The van der Waals surface area contributed by atoms with Crippen molar-refractivity contribution in [1.82, 2.24) is 0 Å². The SMILES string of the molecule is Fc1ccccc1CO/N=[C]\c1cccc(Cl)c1. The lowest BCUT2D eigenvalue weighted by Gasteiger charge is -2.00. The van der Waals surface area contributed by atoms with Crippen LogP contribution in [0.5, 0.6) is 0 Å². The molecule has 0 amide bonds. The fourth-order valence-electron chi connectivity index (χ4n) is 1.36. The molecule has 0 unspecified atom stereocenters. The number of nitrogens with zero attached hydrogens (tertiary/aromatic N) is 1. The maximum absolute atomic E-state index is 13.2. The number of hydrogen-bond acceptors (Lipinski definition) is 2. The molecule has 0 bridgehead atoms. The molecule has 0 aliphatic heterocycles. The lowest BCUT2D eigenvalue weighted by atomic mass is 10.2. The van der Waals surface area contributed by atoms with Crippen molar-refractivity contribution in [1.29, 1.82) is 0 Å². The molecule has 0 fully saturated rings. The van der Waals surface area contributed by atoms with E-state index >= 15 is 0 Å². The van der Waals surface area contributed by atoms with Gasteiger partial charge in [0.2, 0.25) is 0 Å². The summed E-state index contributed by atoms with van der Waals surface area (Å²) in [6, 6.07) is 13.4. The van der Waals surface area contributed by atoms with E-state index in [4.69, 9.17) is 16.4 Å². The topological polar surface area (TPSA) is 21.6 Å². The molecule has 0 saturated carbocycles. The van der Waals surface area contributed by atoms with Crippen LogP contribution in [0.15, 0.2) is 53.7 Å². The first-order valence-electron chi connectivity index (χ1n) is 5.33. The van der Waals surface area contributed by atoms with Crippen LogP contribution in [0.4, 0.5) is 4.39 Å². The van der Waals surface area contributed by atoms with E-state index in [1.807, 2.05) is 0 Å². The van der Waals surface area contributed by atoms with Gasteiger partial charge in [0.05, 0.1) is 0 Å². The third kappa shape index (κ3) is 3.57. The fraction of sp³-hybridized carbons (Fsp3) is 0.0714. The second-order valence-electron chi connectivity index (χ2n) is 3.58. The Hall–Kier alpha value is -1.87. The van der Waals surface area contributed by atoms with Crippen molar-refractivity contribution in [2.24, 2.45) is 5.16 Å². The molecule has 91 valence electrons. The van der Waals surface area contributed by atoms with Gasteiger partial charge in [-0.2, -0.15) is 0 Å². The number of hydrogen-bond donors (Lipinski definition) is 0. The Kier molecular flexibility index (Phi) is 4.31. The first kappa shape index (κ1) is 12.6. The van der Waals surface area contributed by atoms with Gasteiger partial charge >= 0.3 is 0 Å². The van der Waals surface area contributed by atoms with Gasteiger partial charge in [0.1, 0.15) is 18.6 Å². The minimum Gasteiger partial charge on any atom is -0.390 e. The Balaban J connectivity index is 1.91. The van der Waals surface area contributed by atoms with Crippen molar-refractivity contribution in [3.63, 3.8) is 0 Å². The molecule has 0 heterocycles. The molecule has 0 aliphatic rings. The minimum absolute atomic E-state index is 0.0697. The monoisotopic (exact) mass is 262 g/mol. The number of halogens is 2. The zero-order valence-corrected chi connectivity index (χ0v) is 10.2. The minimum atomic E-state index is -0.310. The van der Waals surface area contributed by atoms with Crippen LogP contribution < -0.4 is 0 Å². The molecule has 18 heavy (non-hydrogen) atoms. The van der Waals surface area contributed by atoms with Gasteiger partial charge in [-0.25, -0.2) is 4.39 Å². The molecular weight excluding hydrogens is 253 g/mol. The van der Waals surface area contributed by atoms with Gasteiger partial charge in [-0.1, -0.05) is 47.1 Å². The summed E-state index contributed by atoms with van der Waals surface area (Å²) in [6.45, 7) is 0.0697. The summed E-state index contributed by atoms with van der Waals surface area (Å²) >= 11 is 5.80. The summed E-state index contributed by atoms with van der Waals surface area (Å²) < 4.78 is 13.2. The van der Waals surface area contributed by atoms with Crippen LogP contribution in [-0.4, -0.2) is 6.21 Å². The molecule has 0 aliphatic carbocycles. The van der Waals surface area contributed by atoms with Crippen molar-refractivity contribution in [2.45, 2.75) is 6.61 Å². The van der Waals surface area contributed by atoms with E-state index < -0.39 is 0 Å². The molecule has 0 saturated heterocycles. The van der Waals surface area contributed by atoms with Gasteiger partial charge in [-0.3, -0.25) is 0 Å². The summed E-state index contributed by atoms with van der Waals surface area (Å²) in [4.78, 5) is 4.98. The molecule has 0 atom stereocenters. The maximum atomic E-state index is 13.2. The van der Waals surface area contributed by atoms with E-state index in [1.165, 1.54) is 6.07 Å². The molecule has 1 radical (unpaired) electrons. The fourth-order valence-corrected chi connectivity index (χ4v) is 1.55. The smallest absolute Gasteiger partial charge is 0.145 e. The Morgan fingerprint density at radius 2 is 2.00 bits per heavy atom. The van der Waals surface area contributed by atoms with Gasteiger partial charge in [-0.05, 0) is 18.2 Å². The molecule has 2 nitrogen and oxygen atoms in total. The van der Waals surface area contributed by atoms with Crippen molar-refractivity contribution in [2.75, 3.05) is 0 Å². The molecule has 2 aromatic carbocycles. The molecule has 0 spiro atoms. The Bertz CT molecular complexity index is 557. The predicted octanol–water partition coefficient (Wildman–Crippen LogP) is 3.91. The van der Waals surface area contributed by atoms with Crippen LogP contribution in [0.25, 0.3) is 0 Å². The summed E-state index contributed by atoms with van der Waals surface area (Å²) in [6.07, 6.45) is 2.67. The zero-order chi connectivity index (χ0) is 12.8. The highest BCUT2D eigenvalue weighted by Crippen LogP contribution is 2.10. The second-order valence-corrected chi connectivity index (χ2v) is 4.01. The highest BCUT2D eigenvalue weighted by atomic mass is 35.5. The molecular formula is C14H10ClFNO. The van der Waals surface area contributed by atoms with Gasteiger partial charge in [0.25, 0.3) is 0 Å². The lowest BCUT2D eigenvalue weighted by molar-refractivity contribution is 0.129. The maximum Gasteiger partial charge on any atom is 0.145 e. The molecule has 2 aromatic rings. The quantitative estimate of drug-likeness (QED) is 0.605. The van der Waals surface area contributed by atoms with E-state index in [9.17, 15) is 4.39 Å². The van der Waals surface area contributed by atoms with Gasteiger partial charge in [0.15, 0.2) is 0 Å². The van der Waals surface area contributed by atoms with E-state index in [0.29, 0.717) is 16.1 Å². The first-order valence-corrected chi connectivity index (χ1v) is 5.70. The van der Waals surface area contributed by atoms with Crippen LogP contribution in [0.3, 0.4) is 0 Å². The van der Waals surface area contributed by atoms with Crippen molar-refractivity contribution in [3.8, 4) is 0 Å². The normalized spacial score (nSPS) is 10.8. The van der Waals surface area contributed by atoms with Crippen molar-refractivity contribution in [3.05, 3.63) is 70.5 Å². The summed E-state index contributed by atoms with van der Waals surface area (Å²) in [5.41, 5.74) is 1.16. The zero-order valence-electron chi connectivity index (χ0n) is 9.44. The van der Waals surface area contributed by atoms with Crippen LogP contribution in [0, 0.1) is 5.82 Å². The summed E-state index contributed by atoms with van der Waals surface area (Å²) in [5, 5.41) is 4.25. The van der Waals surface area contributed by atoms with Gasteiger partial charge < -0.3 is 4.84 Å². The largest absolute Gasteiger partial charge is 0.390 e. The molecule has 0 aromatic heterocycles. The molecule has 2 rings (SSSR count). The highest BCUT2D eigenvalue weighted by molar-refractivity contribution is 6.30. The third-order valence-corrected chi connectivity index (χ3v) is 2.48. The first-order chi connectivity index (χ1) is 8.75. The standard InChI is InChI=1S/C14H10ClFNO/c15-13-6-3-4-11(8-13)9-17-18-10-12-5-1-2-7-14(12)16/h1-8H,10H2. The van der Waals surface area contributed by atoms with Crippen molar-refractivity contribution < 1.29 is 9.23 Å². The number of benzene rings is 2.